The molecule has 0 saturated carbocycles. The van der Waals surface area contributed by atoms with Crippen molar-refractivity contribution in [1.82, 2.24) is 10.6 Å². The smallest absolute Gasteiger partial charge is 0.211 e. The number of amides is 2. The summed E-state index contributed by atoms with van der Waals surface area (Å²) in [6, 6.07) is 0. The van der Waals surface area contributed by atoms with Crippen molar-refractivity contribution in [2.75, 3.05) is 6.54 Å². The van der Waals surface area contributed by atoms with Crippen molar-refractivity contribution in [2.45, 2.75) is 13.3 Å². The van der Waals surface area contributed by atoms with E-state index in [4.69, 9.17) is 0 Å². The number of hydrogen-bond donors (Lipinski definition) is 2. The van der Waals surface area contributed by atoms with Crippen LogP contribution in [0.3, 0.4) is 0 Å². The normalized spacial score (nSPS) is 11.3. The molecule has 0 aliphatic rings. The van der Waals surface area contributed by atoms with Gasteiger partial charge in [0.15, 0.2) is 0 Å². The molecule has 0 fully saturated rings. The number of hydrogen-bond acceptors (Lipinski definition) is 2. The van der Waals surface area contributed by atoms with E-state index in [2.05, 4.69) is 10.6 Å². The van der Waals surface area contributed by atoms with Gasteiger partial charge in [0, 0.05) is 12.2 Å². The van der Waals surface area contributed by atoms with Crippen LogP contribution in [0.1, 0.15) is 13.3 Å². The quantitative estimate of drug-likeness (QED) is 0.338. The Balaban J connectivity index is 3.87. The van der Waals surface area contributed by atoms with Gasteiger partial charge in [-0.2, -0.15) is 0 Å². The van der Waals surface area contributed by atoms with Gasteiger partial charge < -0.3 is 10.6 Å². The molecule has 13 heavy (non-hydrogen) atoms. The summed E-state index contributed by atoms with van der Waals surface area (Å²) in [5, 5.41) is 5.06. The molecule has 0 unspecified atom stereocenters. The van der Waals surface area contributed by atoms with E-state index in [0.29, 0.717) is 25.8 Å². The second kappa shape index (κ2) is 8.52. The second-order valence-electron chi connectivity index (χ2n) is 2.28. The Bertz CT molecular complexity index is 210. The Morgan fingerprint density at radius 2 is 2.08 bits per heavy atom. The van der Waals surface area contributed by atoms with E-state index in [1.165, 1.54) is 0 Å². The SMILES string of the molecule is CC=CC(=CCCNC=O)NC=O. The third-order valence-electron chi connectivity index (χ3n) is 1.31. The number of carbonyl (C=O) groups is 2. The van der Waals surface area contributed by atoms with Crippen molar-refractivity contribution >= 4 is 12.8 Å². The lowest BCUT2D eigenvalue weighted by Gasteiger charge is -1.99. The largest absolute Gasteiger partial charge is 0.358 e. The number of rotatable bonds is 7. The molecule has 0 saturated heterocycles. The molecule has 0 heterocycles. The molecule has 0 aromatic carbocycles. The summed E-state index contributed by atoms with van der Waals surface area (Å²) >= 11 is 0. The number of nitrogens with one attached hydrogen (secondary N) is 2. The van der Waals surface area contributed by atoms with E-state index in [1.807, 2.05) is 19.1 Å². The first-order chi connectivity index (χ1) is 6.35. The Morgan fingerprint density at radius 1 is 1.31 bits per heavy atom. The van der Waals surface area contributed by atoms with Gasteiger partial charge >= 0.3 is 0 Å². The van der Waals surface area contributed by atoms with E-state index in [-0.39, 0.29) is 0 Å². The highest BCUT2D eigenvalue weighted by atomic mass is 16.1. The maximum atomic E-state index is 10.1. The van der Waals surface area contributed by atoms with Gasteiger partial charge in [0.2, 0.25) is 12.8 Å². The van der Waals surface area contributed by atoms with Crippen molar-refractivity contribution < 1.29 is 9.59 Å². The molecule has 0 spiro atoms. The van der Waals surface area contributed by atoms with Gasteiger partial charge in [-0.15, -0.1) is 0 Å². The van der Waals surface area contributed by atoms with Crippen LogP contribution in [0.4, 0.5) is 0 Å². The van der Waals surface area contributed by atoms with E-state index in [9.17, 15) is 9.59 Å². The summed E-state index contributed by atoms with van der Waals surface area (Å²) in [7, 11) is 0. The van der Waals surface area contributed by atoms with E-state index >= 15 is 0 Å². The van der Waals surface area contributed by atoms with Crippen LogP contribution in [0.15, 0.2) is 23.9 Å². The van der Waals surface area contributed by atoms with E-state index < -0.39 is 0 Å². The first-order valence-electron chi connectivity index (χ1n) is 4.05. The predicted octanol–water partition coefficient (Wildman–Crippen LogP) is 0.328. The third kappa shape index (κ3) is 6.80. The predicted molar refractivity (Wildman–Crippen MR) is 50.8 cm³/mol. The summed E-state index contributed by atoms with van der Waals surface area (Å²) in [6.07, 6.45) is 7.42. The van der Waals surface area contributed by atoms with Crippen molar-refractivity contribution in [3.8, 4) is 0 Å². The average molecular weight is 182 g/mol. The zero-order valence-corrected chi connectivity index (χ0v) is 7.62. The van der Waals surface area contributed by atoms with Crippen LogP contribution in [-0.2, 0) is 9.59 Å². The summed E-state index contributed by atoms with van der Waals surface area (Å²) in [5.41, 5.74) is 0.741. The Labute approximate surface area is 77.7 Å². The summed E-state index contributed by atoms with van der Waals surface area (Å²) in [6.45, 7) is 2.44. The molecular weight excluding hydrogens is 168 g/mol. The molecule has 0 atom stereocenters. The van der Waals surface area contributed by atoms with Gasteiger partial charge in [-0.1, -0.05) is 12.2 Å². The lowest BCUT2D eigenvalue weighted by Crippen LogP contribution is -2.13. The van der Waals surface area contributed by atoms with Gasteiger partial charge in [0.1, 0.15) is 0 Å². The third-order valence-corrected chi connectivity index (χ3v) is 1.31. The zero-order chi connectivity index (χ0) is 9.94. The zero-order valence-electron chi connectivity index (χ0n) is 7.62. The Hall–Kier alpha value is -1.58. The molecule has 0 rings (SSSR count). The fourth-order valence-electron chi connectivity index (χ4n) is 0.793. The molecule has 0 aromatic heterocycles. The molecule has 4 heteroatoms. The molecule has 2 amide bonds. The molecule has 0 aliphatic heterocycles. The Morgan fingerprint density at radius 3 is 2.62 bits per heavy atom. The maximum absolute atomic E-state index is 10.1. The minimum absolute atomic E-state index is 0.574. The van der Waals surface area contributed by atoms with E-state index in [0.717, 1.165) is 5.70 Å². The first kappa shape index (κ1) is 11.4. The monoisotopic (exact) mass is 182 g/mol. The topological polar surface area (TPSA) is 58.2 Å². The van der Waals surface area contributed by atoms with Gasteiger partial charge in [0.05, 0.1) is 0 Å². The van der Waals surface area contributed by atoms with Gasteiger partial charge in [0.25, 0.3) is 0 Å². The van der Waals surface area contributed by atoms with Crippen LogP contribution >= 0.6 is 0 Å². The maximum Gasteiger partial charge on any atom is 0.211 e. The van der Waals surface area contributed by atoms with Crippen molar-refractivity contribution in [2.24, 2.45) is 0 Å². The molecule has 72 valence electrons. The van der Waals surface area contributed by atoms with Crippen LogP contribution in [0.2, 0.25) is 0 Å². The Kier molecular flexibility index (Phi) is 7.48. The lowest BCUT2D eigenvalue weighted by molar-refractivity contribution is -0.110. The highest BCUT2D eigenvalue weighted by Gasteiger charge is 1.87. The van der Waals surface area contributed by atoms with Crippen molar-refractivity contribution in [3.05, 3.63) is 23.9 Å². The molecule has 0 aliphatic carbocycles. The van der Waals surface area contributed by atoms with Gasteiger partial charge in [-0.25, -0.2) is 0 Å². The first-order valence-corrected chi connectivity index (χ1v) is 4.05. The standard InChI is InChI=1S/C9H14N2O2/c1-2-4-9(11-8-13)5-3-6-10-7-12/h2,4-5,7-8H,3,6H2,1H3,(H,10,12)(H,11,13). The van der Waals surface area contributed by atoms with Crippen LogP contribution in [0.25, 0.3) is 0 Å². The summed E-state index contributed by atoms with van der Waals surface area (Å²) in [5.74, 6) is 0. The minimum atomic E-state index is 0.574. The molecule has 0 radical (unpaired) electrons. The van der Waals surface area contributed by atoms with Crippen LogP contribution < -0.4 is 10.6 Å². The molecule has 0 aromatic rings. The molecule has 4 nitrogen and oxygen atoms in total. The fourth-order valence-corrected chi connectivity index (χ4v) is 0.793. The molecular formula is C9H14N2O2. The molecule has 0 bridgehead atoms. The van der Waals surface area contributed by atoms with E-state index in [1.54, 1.807) is 6.08 Å². The summed E-state index contributed by atoms with van der Waals surface area (Å²) < 4.78 is 0. The minimum Gasteiger partial charge on any atom is -0.358 e. The molecule has 2 N–H and O–H groups in total. The lowest BCUT2D eigenvalue weighted by atomic mass is 10.3. The number of carbonyl (C=O) groups excluding carboxylic acids is 2. The van der Waals surface area contributed by atoms with Crippen LogP contribution in [-0.4, -0.2) is 19.4 Å². The fraction of sp³-hybridized carbons (Fsp3) is 0.333. The average Bonchev–Trinajstić information content (AvgIpc) is 2.13. The van der Waals surface area contributed by atoms with Crippen LogP contribution in [0, 0.1) is 0 Å². The highest BCUT2D eigenvalue weighted by molar-refractivity contribution is 5.51. The summed E-state index contributed by atoms with van der Waals surface area (Å²) in [4.78, 5) is 20.0. The number of allylic oxidation sites excluding steroid dienone is 2. The van der Waals surface area contributed by atoms with Crippen molar-refractivity contribution in [3.63, 3.8) is 0 Å². The van der Waals surface area contributed by atoms with Crippen LogP contribution in [0.5, 0.6) is 0 Å². The van der Waals surface area contributed by atoms with Crippen molar-refractivity contribution in [1.29, 1.82) is 0 Å². The highest BCUT2D eigenvalue weighted by Crippen LogP contribution is 1.92. The van der Waals surface area contributed by atoms with Gasteiger partial charge in [-0.05, 0) is 19.4 Å². The second-order valence-corrected chi connectivity index (χ2v) is 2.28. The van der Waals surface area contributed by atoms with Gasteiger partial charge in [-0.3, -0.25) is 9.59 Å².